The van der Waals surface area contributed by atoms with Crippen LogP contribution in [0.25, 0.3) is 0 Å². The number of nitrogens with two attached hydrogens (primary N) is 1. The van der Waals surface area contributed by atoms with Gasteiger partial charge in [-0.3, -0.25) is 4.68 Å². The lowest BCUT2D eigenvalue weighted by Gasteiger charge is -2.20. The van der Waals surface area contributed by atoms with Crippen molar-refractivity contribution in [3.8, 4) is 0 Å². The van der Waals surface area contributed by atoms with Gasteiger partial charge in [-0.2, -0.15) is 0 Å². The average Bonchev–Trinajstić information content (AvgIpc) is 2.53. The molecule has 0 amide bonds. The van der Waals surface area contributed by atoms with Gasteiger partial charge in [-0.1, -0.05) is 31.9 Å². The van der Waals surface area contributed by atoms with Crippen LogP contribution in [0.1, 0.15) is 38.4 Å². The summed E-state index contributed by atoms with van der Waals surface area (Å²) in [7, 11) is 1.88. The molecule has 0 saturated heterocycles. The first-order chi connectivity index (χ1) is 6.20. The van der Waals surface area contributed by atoms with Crippen molar-refractivity contribution < 1.29 is 0 Å². The second-order valence-electron chi connectivity index (χ2n) is 3.38. The van der Waals surface area contributed by atoms with E-state index in [0.29, 0.717) is 5.92 Å². The molecule has 0 saturated carbocycles. The molecule has 0 aliphatic rings. The van der Waals surface area contributed by atoms with E-state index in [1.165, 1.54) is 0 Å². The van der Waals surface area contributed by atoms with Gasteiger partial charge in [0.05, 0.1) is 17.9 Å². The van der Waals surface area contributed by atoms with Gasteiger partial charge < -0.3 is 5.73 Å². The van der Waals surface area contributed by atoms with Crippen molar-refractivity contribution in [1.82, 2.24) is 15.0 Å². The summed E-state index contributed by atoms with van der Waals surface area (Å²) in [6.45, 7) is 4.33. The van der Waals surface area contributed by atoms with E-state index in [2.05, 4.69) is 24.2 Å². The third-order valence-corrected chi connectivity index (χ3v) is 2.65. The van der Waals surface area contributed by atoms with Crippen molar-refractivity contribution in [3.05, 3.63) is 11.9 Å². The van der Waals surface area contributed by atoms with Crippen LogP contribution < -0.4 is 5.73 Å². The molecule has 4 heteroatoms. The summed E-state index contributed by atoms with van der Waals surface area (Å²) in [5, 5.41) is 7.70. The highest BCUT2D eigenvalue weighted by Gasteiger charge is 2.18. The molecule has 1 heterocycles. The number of rotatable bonds is 4. The van der Waals surface area contributed by atoms with Crippen molar-refractivity contribution in [3.63, 3.8) is 0 Å². The zero-order valence-electron chi connectivity index (χ0n) is 8.57. The lowest BCUT2D eigenvalue weighted by molar-refractivity contribution is 0.388. The highest BCUT2D eigenvalue weighted by molar-refractivity contribution is 5.02. The molecule has 0 spiro atoms. The lowest BCUT2D eigenvalue weighted by atomic mass is 9.93. The molecule has 0 aromatic carbocycles. The summed E-state index contributed by atoms with van der Waals surface area (Å²) < 4.78 is 1.75. The first kappa shape index (κ1) is 10.2. The monoisotopic (exact) mass is 182 g/mol. The molecule has 0 fully saturated rings. The van der Waals surface area contributed by atoms with Gasteiger partial charge in [0.2, 0.25) is 0 Å². The molecule has 4 nitrogen and oxygen atoms in total. The number of hydrogen-bond donors (Lipinski definition) is 1. The molecule has 74 valence electrons. The Balaban J connectivity index is 2.77. The molecule has 0 aliphatic heterocycles. The van der Waals surface area contributed by atoms with Crippen LogP contribution in [0.4, 0.5) is 0 Å². The topological polar surface area (TPSA) is 56.7 Å². The van der Waals surface area contributed by atoms with Crippen LogP contribution in [-0.4, -0.2) is 15.0 Å². The minimum Gasteiger partial charge on any atom is -0.322 e. The van der Waals surface area contributed by atoms with Gasteiger partial charge in [-0.15, -0.1) is 5.10 Å². The molecule has 13 heavy (non-hydrogen) atoms. The first-order valence-electron chi connectivity index (χ1n) is 4.80. The largest absolute Gasteiger partial charge is 0.322 e. The predicted octanol–water partition coefficient (Wildman–Crippen LogP) is 1.25. The molecule has 0 bridgehead atoms. The van der Waals surface area contributed by atoms with Gasteiger partial charge in [-0.05, 0) is 5.92 Å². The van der Waals surface area contributed by atoms with Crippen LogP contribution in [-0.2, 0) is 7.05 Å². The average molecular weight is 182 g/mol. The Bertz CT molecular complexity index is 252. The minimum atomic E-state index is 0.0648. The van der Waals surface area contributed by atoms with E-state index >= 15 is 0 Å². The van der Waals surface area contributed by atoms with Crippen molar-refractivity contribution in [2.45, 2.75) is 32.7 Å². The van der Waals surface area contributed by atoms with E-state index in [1.807, 2.05) is 7.05 Å². The second kappa shape index (κ2) is 4.37. The smallest absolute Gasteiger partial charge is 0.0753 e. The predicted molar refractivity (Wildman–Crippen MR) is 52.0 cm³/mol. The van der Waals surface area contributed by atoms with Crippen molar-refractivity contribution >= 4 is 0 Å². The van der Waals surface area contributed by atoms with E-state index in [9.17, 15) is 0 Å². The number of aryl methyl sites for hydroxylation is 1. The van der Waals surface area contributed by atoms with Crippen LogP contribution in [0.3, 0.4) is 0 Å². The third kappa shape index (κ3) is 2.06. The van der Waals surface area contributed by atoms with Crippen molar-refractivity contribution in [1.29, 1.82) is 0 Å². The summed E-state index contributed by atoms with van der Waals surface area (Å²) in [6, 6.07) is 0.0648. The second-order valence-corrected chi connectivity index (χ2v) is 3.38. The molecule has 1 rings (SSSR count). The SMILES string of the molecule is CCC(CC)C(N)c1cnnn1C. The maximum atomic E-state index is 6.10. The van der Waals surface area contributed by atoms with Gasteiger partial charge in [0.25, 0.3) is 0 Å². The minimum absolute atomic E-state index is 0.0648. The zero-order valence-corrected chi connectivity index (χ0v) is 8.57. The van der Waals surface area contributed by atoms with E-state index in [4.69, 9.17) is 5.73 Å². The van der Waals surface area contributed by atoms with Gasteiger partial charge in [0.1, 0.15) is 0 Å². The molecular formula is C9H18N4. The quantitative estimate of drug-likeness (QED) is 0.762. The maximum Gasteiger partial charge on any atom is 0.0753 e. The summed E-state index contributed by atoms with van der Waals surface area (Å²) in [6.07, 6.45) is 3.95. The molecule has 1 aromatic rings. The number of nitrogens with zero attached hydrogens (tertiary/aromatic N) is 3. The van der Waals surface area contributed by atoms with Crippen LogP contribution in [0.5, 0.6) is 0 Å². The fraction of sp³-hybridized carbons (Fsp3) is 0.778. The molecule has 1 unspecified atom stereocenters. The van der Waals surface area contributed by atoms with Crippen LogP contribution in [0.2, 0.25) is 0 Å². The molecular weight excluding hydrogens is 164 g/mol. The fourth-order valence-electron chi connectivity index (χ4n) is 1.64. The molecule has 0 aliphatic carbocycles. The molecule has 1 atom stereocenters. The van der Waals surface area contributed by atoms with Gasteiger partial charge in [0, 0.05) is 7.05 Å². The Morgan fingerprint density at radius 3 is 2.46 bits per heavy atom. The Morgan fingerprint density at radius 1 is 1.46 bits per heavy atom. The van der Waals surface area contributed by atoms with E-state index in [1.54, 1.807) is 10.9 Å². The van der Waals surface area contributed by atoms with Crippen LogP contribution in [0.15, 0.2) is 6.20 Å². The molecule has 2 N–H and O–H groups in total. The standard InChI is InChI=1S/C9H18N4/c1-4-7(5-2)9(10)8-6-11-12-13(8)3/h6-7,9H,4-5,10H2,1-3H3. The van der Waals surface area contributed by atoms with Crippen molar-refractivity contribution in [2.24, 2.45) is 18.7 Å². The normalized spacial score (nSPS) is 13.6. The summed E-state index contributed by atoms with van der Waals surface area (Å²) in [5.74, 6) is 0.525. The molecule has 1 aromatic heterocycles. The highest BCUT2D eigenvalue weighted by Crippen LogP contribution is 2.23. The number of hydrogen-bond acceptors (Lipinski definition) is 3. The highest BCUT2D eigenvalue weighted by atomic mass is 15.4. The van der Waals surface area contributed by atoms with E-state index < -0.39 is 0 Å². The Labute approximate surface area is 79.1 Å². The van der Waals surface area contributed by atoms with Gasteiger partial charge in [0.15, 0.2) is 0 Å². The van der Waals surface area contributed by atoms with Crippen LogP contribution in [0, 0.1) is 5.92 Å². The Morgan fingerprint density at radius 2 is 2.08 bits per heavy atom. The fourth-order valence-corrected chi connectivity index (χ4v) is 1.64. The summed E-state index contributed by atoms with van der Waals surface area (Å²) in [4.78, 5) is 0. The lowest BCUT2D eigenvalue weighted by Crippen LogP contribution is -2.23. The molecule has 0 radical (unpaired) electrons. The van der Waals surface area contributed by atoms with E-state index in [-0.39, 0.29) is 6.04 Å². The number of aromatic nitrogens is 3. The summed E-state index contributed by atoms with van der Waals surface area (Å²) in [5.41, 5.74) is 7.13. The van der Waals surface area contributed by atoms with Crippen LogP contribution >= 0.6 is 0 Å². The Kier molecular flexibility index (Phi) is 3.42. The van der Waals surface area contributed by atoms with Crippen molar-refractivity contribution in [2.75, 3.05) is 0 Å². The third-order valence-electron chi connectivity index (χ3n) is 2.65. The maximum absolute atomic E-state index is 6.10. The van der Waals surface area contributed by atoms with Gasteiger partial charge >= 0.3 is 0 Å². The first-order valence-corrected chi connectivity index (χ1v) is 4.80. The van der Waals surface area contributed by atoms with Gasteiger partial charge in [-0.25, -0.2) is 0 Å². The Hall–Kier alpha value is -0.900. The summed E-state index contributed by atoms with van der Waals surface area (Å²) >= 11 is 0. The van der Waals surface area contributed by atoms with E-state index in [0.717, 1.165) is 18.5 Å². The zero-order chi connectivity index (χ0) is 9.84.